The average molecular weight is 295 g/mol. The van der Waals surface area contributed by atoms with E-state index in [0.717, 1.165) is 25.3 Å². The molecule has 0 spiro atoms. The predicted octanol–water partition coefficient (Wildman–Crippen LogP) is 3.47. The molecule has 1 aliphatic rings. The maximum atomic E-state index is 12.5. The minimum Gasteiger partial charge on any atom is -0.481 e. The molecule has 3 heteroatoms. The van der Waals surface area contributed by atoms with Gasteiger partial charge in [-0.05, 0) is 31.0 Å². The second-order valence-electron chi connectivity index (χ2n) is 5.75. The van der Waals surface area contributed by atoms with Crippen LogP contribution in [-0.4, -0.2) is 30.0 Å². The van der Waals surface area contributed by atoms with E-state index in [1.54, 1.807) is 0 Å². The first kappa shape index (κ1) is 14.6. The zero-order chi connectivity index (χ0) is 15.4. The zero-order valence-electron chi connectivity index (χ0n) is 12.8. The monoisotopic (exact) mass is 295 g/mol. The van der Waals surface area contributed by atoms with Gasteiger partial charge in [-0.25, -0.2) is 0 Å². The quantitative estimate of drug-likeness (QED) is 0.864. The van der Waals surface area contributed by atoms with Gasteiger partial charge in [0, 0.05) is 19.0 Å². The van der Waals surface area contributed by atoms with Crippen LogP contribution in [0.25, 0.3) is 0 Å². The highest BCUT2D eigenvalue weighted by molar-refractivity contribution is 5.81. The number of hydrogen-bond donors (Lipinski definition) is 0. The van der Waals surface area contributed by atoms with Crippen LogP contribution in [0.4, 0.5) is 0 Å². The molecule has 2 aromatic rings. The summed E-state index contributed by atoms with van der Waals surface area (Å²) in [7, 11) is 0. The zero-order valence-corrected chi connectivity index (χ0v) is 12.8. The summed E-state index contributed by atoms with van der Waals surface area (Å²) in [5.74, 6) is 1.25. The highest BCUT2D eigenvalue weighted by Crippen LogP contribution is 2.27. The fourth-order valence-electron chi connectivity index (χ4n) is 2.97. The van der Waals surface area contributed by atoms with E-state index >= 15 is 0 Å². The van der Waals surface area contributed by atoms with E-state index in [-0.39, 0.29) is 5.91 Å². The molecular weight excluding hydrogens is 274 g/mol. The summed E-state index contributed by atoms with van der Waals surface area (Å²) in [5, 5.41) is 0. The van der Waals surface area contributed by atoms with E-state index in [0.29, 0.717) is 5.92 Å². The third-order valence-corrected chi connectivity index (χ3v) is 4.17. The Morgan fingerprint density at radius 3 is 2.41 bits per heavy atom. The highest BCUT2D eigenvalue weighted by Gasteiger charge is 2.30. The maximum Gasteiger partial charge on any atom is 0.263 e. The topological polar surface area (TPSA) is 29.5 Å². The molecule has 3 rings (SSSR count). The third kappa shape index (κ3) is 3.30. The second kappa shape index (κ2) is 6.65. The molecule has 114 valence electrons. The van der Waals surface area contributed by atoms with Gasteiger partial charge in [0.2, 0.25) is 0 Å². The number of ether oxygens (including phenoxy) is 1. The number of hydrogen-bond acceptors (Lipinski definition) is 2. The van der Waals surface area contributed by atoms with Crippen molar-refractivity contribution in [3.8, 4) is 5.75 Å². The summed E-state index contributed by atoms with van der Waals surface area (Å²) < 4.78 is 5.74. The lowest BCUT2D eigenvalue weighted by molar-refractivity contribution is -0.136. The van der Waals surface area contributed by atoms with Crippen LogP contribution in [0.1, 0.15) is 24.8 Å². The first-order valence-electron chi connectivity index (χ1n) is 7.79. The van der Waals surface area contributed by atoms with E-state index in [1.165, 1.54) is 5.56 Å². The summed E-state index contributed by atoms with van der Waals surface area (Å²) in [5.41, 5.74) is 1.31. The Morgan fingerprint density at radius 2 is 1.73 bits per heavy atom. The second-order valence-corrected chi connectivity index (χ2v) is 5.75. The minimum atomic E-state index is -0.447. The largest absolute Gasteiger partial charge is 0.481 e. The smallest absolute Gasteiger partial charge is 0.263 e. The third-order valence-electron chi connectivity index (χ3n) is 4.17. The molecule has 0 radical (unpaired) electrons. The van der Waals surface area contributed by atoms with Gasteiger partial charge in [0.1, 0.15) is 5.75 Å². The summed E-state index contributed by atoms with van der Waals surface area (Å²) in [6, 6.07) is 19.9. The fourth-order valence-corrected chi connectivity index (χ4v) is 2.97. The number of rotatable bonds is 4. The number of carbonyl (C=O) groups excluding carboxylic acids is 1. The van der Waals surface area contributed by atoms with Crippen LogP contribution >= 0.6 is 0 Å². The van der Waals surface area contributed by atoms with Crippen LogP contribution in [0, 0.1) is 0 Å². The van der Waals surface area contributed by atoms with Gasteiger partial charge in [0.25, 0.3) is 5.91 Å². The minimum absolute atomic E-state index is 0.0716. The van der Waals surface area contributed by atoms with E-state index in [4.69, 9.17) is 4.74 Å². The van der Waals surface area contributed by atoms with Crippen LogP contribution in [-0.2, 0) is 4.79 Å². The Balaban J connectivity index is 1.59. The molecule has 0 aliphatic carbocycles. The van der Waals surface area contributed by atoms with E-state index in [2.05, 4.69) is 24.3 Å². The van der Waals surface area contributed by atoms with Gasteiger partial charge in [0.15, 0.2) is 6.10 Å². The normalized spacial score (nSPS) is 19.0. The maximum absolute atomic E-state index is 12.5. The van der Waals surface area contributed by atoms with Gasteiger partial charge in [0.05, 0.1) is 0 Å². The molecule has 0 aromatic heterocycles. The van der Waals surface area contributed by atoms with Crippen LogP contribution in [0.3, 0.4) is 0 Å². The Labute approximate surface area is 131 Å². The molecule has 2 atom stereocenters. The van der Waals surface area contributed by atoms with Crippen molar-refractivity contribution < 1.29 is 9.53 Å². The van der Waals surface area contributed by atoms with Crippen molar-refractivity contribution in [1.29, 1.82) is 0 Å². The van der Waals surface area contributed by atoms with Crippen molar-refractivity contribution in [2.75, 3.05) is 13.1 Å². The number of carbonyl (C=O) groups is 1. The van der Waals surface area contributed by atoms with E-state index in [1.807, 2.05) is 48.2 Å². The molecule has 3 nitrogen and oxygen atoms in total. The summed E-state index contributed by atoms with van der Waals surface area (Å²) in [4.78, 5) is 14.4. The van der Waals surface area contributed by atoms with E-state index < -0.39 is 6.10 Å². The van der Waals surface area contributed by atoms with Crippen LogP contribution < -0.4 is 4.74 Å². The number of para-hydroxylation sites is 1. The van der Waals surface area contributed by atoms with Crippen LogP contribution in [0.15, 0.2) is 60.7 Å². The lowest BCUT2D eigenvalue weighted by atomic mass is 9.99. The highest BCUT2D eigenvalue weighted by atomic mass is 16.5. The molecular formula is C19H21NO2. The van der Waals surface area contributed by atoms with Gasteiger partial charge in [-0.3, -0.25) is 4.79 Å². The first-order chi connectivity index (χ1) is 10.7. The van der Waals surface area contributed by atoms with Crippen molar-refractivity contribution >= 4 is 5.91 Å². The molecule has 1 saturated heterocycles. The van der Waals surface area contributed by atoms with Gasteiger partial charge < -0.3 is 9.64 Å². The lowest BCUT2D eigenvalue weighted by Crippen LogP contribution is -2.39. The van der Waals surface area contributed by atoms with Gasteiger partial charge in [-0.2, -0.15) is 0 Å². The number of amides is 1. The molecule has 0 bridgehead atoms. The standard InChI is InChI=1S/C19H21NO2/c1-15(22-18-10-6-3-7-11-18)19(21)20-13-12-17(14-20)16-8-4-2-5-9-16/h2-11,15,17H,12-14H2,1H3/t15-,17+/m1/s1. The summed E-state index contributed by atoms with van der Waals surface area (Å²) >= 11 is 0. The fraction of sp³-hybridized carbons (Fsp3) is 0.316. The Bertz CT molecular complexity index is 612. The first-order valence-corrected chi connectivity index (χ1v) is 7.79. The van der Waals surface area contributed by atoms with Gasteiger partial charge >= 0.3 is 0 Å². The van der Waals surface area contributed by atoms with Crippen molar-refractivity contribution in [2.45, 2.75) is 25.4 Å². The Morgan fingerprint density at radius 1 is 1.09 bits per heavy atom. The predicted molar refractivity (Wildman–Crippen MR) is 86.9 cm³/mol. The molecule has 0 saturated carbocycles. The molecule has 1 aliphatic heterocycles. The molecule has 0 N–H and O–H groups in total. The van der Waals surface area contributed by atoms with Crippen molar-refractivity contribution in [2.24, 2.45) is 0 Å². The van der Waals surface area contributed by atoms with Gasteiger partial charge in [-0.1, -0.05) is 48.5 Å². The molecule has 22 heavy (non-hydrogen) atoms. The molecule has 1 amide bonds. The van der Waals surface area contributed by atoms with Crippen molar-refractivity contribution in [3.05, 3.63) is 66.2 Å². The molecule has 0 unspecified atom stereocenters. The Kier molecular flexibility index (Phi) is 4.42. The molecule has 1 fully saturated rings. The summed E-state index contributed by atoms with van der Waals surface area (Å²) in [6.45, 7) is 3.41. The Hall–Kier alpha value is -2.29. The molecule has 1 heterocycles. The number of benzene rings is 2. The van der Waals surface area contributed by atoms with Crippen LogP contribution in [0.5, 0.6) is 5.75 Å². The number of likely N-dealkylation sites (tertiary alicyclic amines) is 1. The number of nitrogens with zero attached hydrogens (tertiary/aromatic N) is 1. The SMILES string of the molecule is C[C@@H](Oc1ccccc1)C(=O)N1CC[C@H](c2ccccc2)C1. The van der Waals surface area contributed by atoms with E-state index in [9.17, 15) is 4.79 Å². The van der Waals surface area contributed by atoms with Crippen LogP contribution in [0.2, 0.25) is 0 Å². The molecule has 2 aromatic carbocycles. The lowest BCUT2D eigenvalue weighted by Gasteiger charge is -2.22. The van der Waals surface area contributed by atoms with Crippen molar-refractivity contribution in [1.82, 2.24) is 4.90 Å². The van der Waals surface area contributed by atoms with Crippen molar-refractivity contribution in [3.63, 3.8) is 0 Å². The van der Waals surface area contributed by atoms with Gasteiger partial charge in [-0.15, -0.1) is 0 Å². The summed E-state index contributed by atoms with van der Waals surface area (Å²) in [6.07, 6.45) is 0.574. The average Bonchev–Trinajstić information content (AvgIpc) is 3.06.